The lowest BCUT2D eigenvalue weighted by atomic mass is 9.97. The first-order valence-electron chi connectivity index (χ1n) is 7.82. The fourth-order valence-electron chi connectivity index (χ4n) is 2.73. The molecule has 1 unspecified atom stereocenters. The van der Waals surface area contributed by atoms with Gasteiger partial charge in [0.2, 0.25) is 0 Å². The average Bonchev–Trinajstić information content (AvgIpc) is 2.87. The number of esters is 1. The van der Waals surface area contributed by atoms with Crippen LogP contribution >= 0.6 is 0 Å². The van der Waals surface area contributed by atoms with E-state index in [4.69, 9.17) is 9.47 Å². The van der Waals surface area contributed by atoms with E-state index in [0.717, 1.165) is 11.1 Å². The smallest absolute Gasteiger partial charge is 0.411 e. The molecular formula is C18H23NO5. The molecule has 6 nitrogen and oxygen atoms in total. The summed E-state index contributed by atoms with van der Waals surface area (Å²) in [5.74, 6) is -0.488. The van der Waals surface area contributed by atoms with Crippen LogP contribution in [0.5, 0.6) is 0 Å². The lowest BCUT2D eigenvalue weighted by molar-refractivity contribution is -0.117. The van der Waals surface area contributed by atoms with Crippen molar-refractivity contribution in [3.63, 3.8) is 0 Å². The molecule has 1 fully saturated rings. The van der Waals surface area contributed by atoms with Crippen molar-refractivity contribution in [3.8, 4) is 0 Å². The van der Waals surface area contributed by atoms with Crippen molar-refractivity contribution in [2.75, 3.05) is 13.7 Å². The van der Waals surface area contributed by atoms with Crippen LogP contribution in [0, 0.1) is 6.92 Å². The third-order valence-corrected chi connectivity index (χ3v) is 3.83. The minimum Gasteiger partial charge on any atom is -0.465 e. The molecule has 1 heterocycles. The highest BCUT2D eigenvalue weighted by Crippen LogP contribution is 2.34. The van der Waals surface area contributed by atoms with Gasteiger partial charge in [-0.1, -0.05) is 6.07 Å². The van der Waals surface area contributed by atoms with E-state index >= 15 is 0 Å². The summed E-state index contributed by atoms with van der Waals surface area (Å²) in [6.45, 7) is 7.23. The molecule has 1 saturated heterocycles. The molecule has 1 aromatic rings. The van der Waals surface area contributed by atoms with E-state index in [-0.39, 0.29) is 18.7 Å². The topological polar surface area (TPSA) is 72.9 Å². The van der Waals surface area contributed by atoms with Crippen LogP contribution in [0.25, 0.3) is 0 Å². The summed E-state index contributed by atoms with van der Waals surface area (Å²) in [4.78, 5) is 37.6. The predicted octanol–water partition coefficient (Wildman–Crippen LogP) is 3.03. The molecule has 0 bridgehead atoms. The summed E-state index contributed by atoms with van der Waals surface area (Å²) < 4.78 is 10.1. The number of amides is 1. The molecule has 1 atom stereocenters. The van der Waals surface area contributed by atoms with Crippen LogP contribution in [0.4, 0.5) is 4.79 Å². The van der Waals surface area contributed by atoms with Gasteiger partial charge in [-0.15, -0.1) is 0 Å². The maximum Gasteiger partial charge on any atom is 0.411 e. The number of carbonyl (C=O) groups is 3. The zero-order valence-corrected chi connectivity index (χ0v) is 14.7. The molecule has 130 valence electrons. The van der Waals surface area contributed by atoms with Gasteiger partial charge >= 0.3 is 12.1 Å². The fraction of sp³-hybridized carbons (Fsp3) is 0.500. The zero-order chi connectivity index (χ0) is 18.1. The van der Waals surface area contributed by atoms with Gasteiger partial charge in [-0.2, -0.15) is 0 Å². The van der Waals surface area contributed by atoms with E-state index in [1.807, 2.05) is 6.92 Å². The molecule has 0 aromatic heterocycles. The summed E-state index contributed by atoms with van der Waals surface area (Å²) in [7, 11) is 1.31. The Bertz CT molecular complexity index is 674. The quantitative estimate of drug-likeness (QED) is 0.778. The second-order valence-electron chi connectivity index (χ2n) is 6.93. The molecule has 1 aromatic carbocycles. The van der Waals surface area contributed by atoms with Gasteiger partial charge in [-0.05, 0) is 51.0 Å². The van der Waals surface area contributed by atoms with Crippen LogP contribution in [0.15, 0.2) is 18.2 Å². The average molecular weight is 333 g/mol. The van der Waals surface area contributed by atoms with Gasteiger partial charge < -0.3 is 9.47 Å². The van der Waals surface area contributed by atoms with Crippen LogP contribution in [-0.4, -0.2) is 42.0 Å². The van der Waals surface area contributed by atoms with E-state index in [1.54, 1.807) is 39.0 Å². The molecular weight excluding hydrogens is 310 g/mol. The Balaban J connectivity index is 2.36. The van der Waals surface area contributed by atoms with Crippen molar-refractivity contribution < 1.29 is 23.9 Å². The number of ether oxygens (including phenoxy) is 2. The highest BCUT2D eigenvalue weighted by Gasteiger charge is 2.38. The molecule has 0 spiro atoms. The number of carbonyl (C=O) groups excluding carboxylic acids is 3. The van der Waals surface area contributed by atoms with Crippen LogP contribution in [0.3, 0.4) is 0 Å². The van der Waals surface area contributed by atoms with Crippen LogP contribution in [0.1, 0.15) is 54.7 Å². The zero-order valence-electron chi connectivity index (χ0n) is 14.7. The van der Waals surface area contributed by atoms with E-state index in [2.05, 4.69) is 0 Å². The van der Waals surface area contributed by atoms with Gasteiger partial charge in [-0.25, -0.2) is 9.59 Å². The highest BCUT2D eigenvalue weighted by molar-refractivity contribution is 5.91. The number of rotatable bonds is 2. The summed E-state index contributed by atoms with van der Waals surface area (Å²) >= 11 is 0. The highest BCUT2D eigenvalue weighted by atomic mass is 16.6. The lowest BCUT2D eigenvalue weighted by Crippen LogP contribution is -2.37. The second kappa shape index (κ2) is 6.63. The Morgan fingerprint density at radius 3 is 2.50 bits per heavy atom. The second-order valence-corrected chi connectivity index (χ2v) is 6.93. The maximum absolute atomic E-state index is 12.4. The third kappa shape index (κ3) is 3.93. The van der Waals surface area contributed by atoms with E-state index < -0.39 is 23.7 Å². The van der Waals surface area contributed by atoms with Gasteiger partial charge in [0.05, 0.1) is 25.3 Å². The molecule has 24 heavy (non-hydrogen) atoms. The number of methoxy groups -OCH3 is 1. The Labute approximate surface area is 141 Å². The van der Waals surface area contributed by atoms with Crippen molar-refractivity contribution >= 4 is 17.8 Å². The molecule has 0 N–H and O–H groups in total. The first-order chi connectivity index (χ1) is 11.1. The lowest BCUT2D eigenvalue weighted by Gasteiger charge is -2.29. The Kier molecular flexibility index (Phi) is 4.96. The van der Waals surface area contributed by atoms with Crippen LogP contribution in [-0.2, 0) is 14.3 Å². The maximum atomic E-state index is 12.4. The van der Waals surface area contributed by atoms with Gasteiger partial charge in [0.25, 0.3) is 0 Å². The molecule has 0 radical (unpaired) electrons. The molecule has 6 heteroatoms. The van der Waals surface area contributed by atoms with Crippen molar-refractivity contribution in [1.82, 2.24) is 4.90 Å². The number of benzene rings is 1. The van der Waals surface area contributed by atoms with Gasteiger partial charge in [0.1, 0.15) is 5.60 Å². The first-order valence-corrected chi connectivity index (χ1v) is 7.82. The van der Waals surface area contributed by atoms with Crippen molar-refractivity contribution in [2.45, 2.75) is 45.8 Å². The summed E-state index contributed by atoms with van der Waals surface area (Å²) in [6.07, 6.45) is -0.314. The number of hydrogen-bond acceptors (Lipinski definition) is 5. The van der Waals surface area contributed by atoms with Crippen LogP contribution < -0.4 is 0 Å². The monoisotopic (exact) mass is 333 g/mol. The number of Topliss-reactive ketones (excluding diaryl/α,β-unsaturated/α-hetero) is 1. The number of nitrogens with zero attached hydrogens (tertiary/aromatic N) is 1. The summed E-state index contributed by atoms with van der Waals surface area (Å²) in [6, 6.07) is 4.70. The predicted molar refractivity (Wildman–Crippen MR) is 87.8 cm³/mol. The normalized spacial score (nSPS) is 17.8. The molecule has 2 rings (SSSR count). The fourth-order valence-corrected chi connectivity index (χ4v) is 2.73. The Morgan fingerprint density at radius 1 is 1.25 bits per heavy atom. The summed E-state index contributed by atoms with van der Waals surface area (Å²) in [5, 5.41) is 0. The van der Waals surface area contributed by atoms with E-state index in [1.165, 1.54) is 12.0 Å². The van der Waals surface area contributed by atoms with Crippen LogP contribution in [0.2, 0.25) is 0 Å². The number of likely N-dealkylation sites (tertiary alicyclic amines) is 1. The SMILES string of the molecule is COC(=O)c1ccc(C)c(C2CC(=O)CN2C(=O)OC(C)(C)C)c1. The minimum atomic E-state index is -0.643. The van der Waals surface area contributed by atoms with Crippen molar-refractivity contribution in [2.24, 2.45) is 0 Å². The standard InChI is InChI=1S/C18H23NO5/c1-11-6-7-12(16(21)23-5)8-14(11)15-9-13(20)10-19(15)17(22)24-18(2,3)4/h6-8,15H,9-10H2,1-5H3. The van der Waals surface area contributed by atoms with E-state index in [0.29, 0.717) is 5.56 Å². The Morgan fingerprint density at radius 2 is 1.92 bits per heavy atom. The molecule has 1 amide bonds. The molecule has 0 saturated carbocycles. The molecule has 1 aliphatic rings. The minimum absolute atomic E-state index is 0.0153. The summed E-state index contributed by atoms with van der Waals surface area (Å²) in [5.41, 5.74) is 1.41. The van der Waals surface area contributed by atoms with Crippen molar-refractivity contribution in [1.29, 1.82) is 0 Å². The number of aryl methyl sites for hydroxylation is 1. The number of hydrogen-bond donors (Lipinski definition) is 0. The third-order valence-electron chi connectivity index (χ3n) is 3.83. The van der Waals surface area contributed by atoms with Gasteiger partial charge in [0, 0.05) is 6.42 Å². The van der Waals surface area contributed by atoms with Gasteiger partial charge in [0.15, 0.2) is 5.78 Å². The molecule has 1 aliphatic heterocycles. The largest absolute Gasteiger partial charge is 0.465 e. The Hall–Kier alpha value is -2.37. The van der Waals surface area contributed by atoms with Gasteiger partial charge in [-0.3, -0.25) is 9.69 Å². The van der Waals surface area contributed by atoms with Crippen molar-refractivity contribution in [3.05, 3.63) is 34.9 Å². The first kappa shape index (κ1) is 18.0. The number of ketones is 1. The molecule has 0 aliphatic carbocycles. The van der Waals surface area contributed by atoms with E-state index in [9.17, 15) is 14.4 Å².